The first-order valence-electron chi connectivity index (χ1n) is 2.56. The van der Waals surface area contributed by atoms with Gasteiger partial charge in [0.15, 0.2) is 0 Å². The van der Waals surface area contributed by atoms with Crippen molar-refractivity contribution in [3.8, 4) is 0 Å². The fraction of sp³-hybridized carbons (Fsp3) is 0.333. The molecule has 1 unspecified atom stereocenters. The van der Waals surface area contributed by atoms with E-state index in [0.29, 0.717) is 6.42 Å². The summed E-state index contributed by atoms with van der Waals surface area (Å²) in [6.45, 7) is 0. The van der Waals surface area contributed by atoms with Crippen LogP contribution in [0.2, 0.25) is 0 Å². The molecule has 3 heteroatoms. The first-order valence-corrected chi connectivity index (χ1v) is 4.14. The molecule has 0 radical (unpaired) electrons. The van der Waals surface area contributed by atoms with Crippen LogP contribution in [0.4, 0.5) is 4.39 Å². The molecule has 0 aromatic heterocycles. The van der Waals surface area contributed by atoms with E-state index in [9.17, 15) is 4.39 Å². The van der Waals surface area contributed by atoms with E-state index < -0.39 is 6.17 Å². The Morgan fingerprint density at radius 1 is 1.56 bits per heavy atom. The predicted octanol–water partition coefficient (Wildman–Crippen LogP) is 3.29. The summed E-state index contributed by atoms with van der Waals surface area (Å²) in [6, 6.07) is 0. The summed E-state index contributed by atoms with van der Waals surface area (Å²) in [5, 5.41) is 0. The molecule has 0 fully saturated rings. The van der Waals surface area contributed by atoms with Gasteiger partial charge in [-0.05, 0) is 16.6 Å². The van der Waals surface area contributed by atoms with Gasteiger partial charge >= 0.3 is 0 Å². The van der Waals surface area contributed by atoms with Gasteiger partial charge in [-0.2, -0.15) is 0 Å². The van der Waals surface area contributed by atoms with Crippen LogP contribution in [0.3, 0.4) is 0 Å². The van der Waals surface area contributed by atoms with E-state index in [-0.39, 0.29) is 0 Å². The van der Waals surface area contributed by atoms with Crippen molar-refractivity contribution in [3.63, 3.8) is 0 Å². The highest BCUT2D eigenvalue weighted by Gasteiger charge is 2.10. The lowest BCUT2D eigenvalue weighted by molar-refractivity contribution is 0.400. The van der Waals surface area contributed by atoms with E-state index in [1.807, 2.05) is 6.08 Å². The van der Waals surface area contributed by atoms with Crippen LogP contribution in [0.1, 0.15) is 6.42 Å². The monoisotopic (exact) mass is 254 g/mol. The molecule has 0 bridgehead atoms. The van der Waals surface area contributed by atoms with Crippen molar-refractivity contribution in [2.45, 2.75) is 12.6 Å². The van der Waals surface area contributed by atoms with Crippen LogP contribution in [-0.2, 0) is 0 Å². The van der Waals surface area contributed by atoms with Gasteiger partial charge in [0.2, 0.25) is 0 Å². The third kappa shape index (κ3) is 2.22. The predicted molar refractivity (Wildman–Crippen MR) is 43.5 cm³/mol. The van der Waals surface area contributed by atoms with Gasteiger partial charge in [-0.1, -0.05) is 31.9 Å². The maximum atomic E-state index is 12.5. The normalized spacial score (nSPS) is 27.2. The lowest BCUT2D eigenvalue weighted by Crippen LogP contribution is -1.99. The van der Waals surface area contributed by atoms with Crippen LogP contribution in [0, 0.1) is 0 Å². The summed E-state index contributed by atoms with van der Waals surface area (Å²) in [6.07, 6.45) is 3.04. The lowest BCUT2D eigenvalue weighted by Gasteiger charge is -2.07. The second-order valence-electron chi connectivity index (χ2n) is 1.86. The second kappa shape index (κ2) is 2.97. The fourth-order valence-electron chi connectivity index (χ4n) is 0.675. The van der Waals surface area contributed by atoms with Crippen molar-refractivity contribution in [3.05, 3.63) is 21.1 Å². The molecule has 0 amide bonds. The largest absolute Gasteiger partial charge is 0.243 e. The molecule has 1 rings (SSSR count). The number of allylic oxidation sites excluding steroid dienone is 4. The molecule has 0 saturated heterocycles. The summed E-state index contributed by atoms with van der Waals surface area (Å²) in [4.78, 5) is 0. The number of halogens is 3. The Balaban J connectivity index is 2.74. The van der Waals surface area contributed by atoms with Gasteiger partial charge in [0, 0.05) is 10.9 Å². The van der Waals surface area contributed by atoms with Gasteiger partial charge in [0.1, 0.15) is 6.17 Å². The van der Waals surface area contributed by atoms with E-state index >= 15 is 0 Å². The minimum Gasteiger partial charge on any atom is -0.243 e. The Labute approximate surface area is 70.1 Å². The summed E-state index contributed by atoms with van der Waals surface area (Å²) in [5.41, 5.74) is 0. The summed E-state index contributed by atoms with van der Waals surface area (Å²) in [7, 11) is 0. The first kappa shape index (κ1) is 7.48. The van der Waals surface area contributed by atoms with Gasteiger partial charge in [0.05, 0.1) is 0 Å². The van der Waals surface area contributed by atoms with Gasteiger partial charge in [-0.3, -0.25) is 0 Å². The molecular weight excluding hydrogens is 251 g/mol. The van der Waals surface area contributed by atoms with Crippen molar-refractivity contribution in [2.24, 2.45) is 0 Å². The molecule has 0 saturated carbocycles. The molecule has 0 aromatic carbocycles. The minimum atomic E-state index is -0.834. The zero-order valence-corrected chi connectivity index (χ0v) is 7.75. The highest BCUT2D eigenvalue weighted by atomic mass is 79.9. The Kier molecular flexibility index (Phi) is 2.47. The van der Waals surface area contributed by atoms with E-state index in [1.54, 1.807) is 6.08 Å². The van der Waals surface area contributed by atoms with Crippen molar-refractivity contribution >= 4 is 31.9 Å². The van der Waals surface area contributed by atoms with Crippen LogP contribution in [0.15, 0.2) is 21.1 Å². The van der Waals surface area contributed by atoms with E-state index in [1.165, 1.54) is 0 Å². The summed E-state index contributed by atoms with van der Waals surface area (Å²) in [5.74, 6) is 0. The molecule has 1 aliphatic rings. The molecule has 0 aliphatic heterocycles. The molecule has 1 atom stereocenters. The van der Waals surface area contributed by atoms with E-state index in [2.05, 4.69) is 31.9 Å². The molecule has 0 nitrogen and oxygen atoms in total. The topological polar surface area (TPSA) is 0 Å². The van der Waals surface area contributed by atoms with Crippen molar-refractivity contribution in [1.82, 2.24) is 0 Å². The fourth-order valence-corrected chi connectivity index (χ4v) is 2.10. The third-order valence-corrected chi connectivity index (χ3v) is 2.07. The van der Waals surface area contributed by atoms with Crippen molar-refractivity contribution < 1.29 is 4.39 Å². The molecule has 0 heterocycles. The summed E-state index contributed by atoms with van der Waals surface area (Å²) >= 11 is 6.40. The number of alkyl halides is 1. The van der Waals surface area contributed by atoms with E-state index in [0.717, 1.165) is 8.96 Å². The number of hydrogen-bond donors (Lipinski definition) is 0. The Bertz CT molecular complexity index is 172. The van der Waals surface area contributed by atoms with Crippen LogP contribution in [0.25, 0.3) is 0 Å². The van der Waals surface area contributed by atoms with Crippen LogP contribution in [0.5, 0.6) is 0 Å². The molecule has 50 valence electrons. The number of hydrogen-bond acceptors (Lipinski definition) is 0. The minimum absolute atomic E-state index is 0.467. The van der Waals surface area contributed by atoms with Crippen LogP contribution < -0.4 is 0 Å². The highest BCUT2D eigenvalue weighted by molar-refractivity contribution is 9.12. The third-order valence-electron chi connectivity index (χ3n) is 1.02. The highest BCUT2D eigenvalue weighted by Crippen LogP contribution is 2.26. The summed E-state index contributed by atoms with van der Waals surface area (Å²) < 4.78 is 14.2. The quantitative estimate of drug-likeness (QED) is 0.623. The van der Waals surface area contributed by atoms with Crippen molar-refractivity contribution in [2.75, 3.05) is 0 Å². The van der Waals surface area contributed by atoms with Gasteiger partial charge in [0.25, 0.3) is 0 Å². The molecular formula is C6H5Br2F. The maximum absolute atomic E-state index is 12.5. The zero-order chi connectivity index (χ0) is 6.85. The van der Waals surface area contributed by atoms with Gasteiger partial charge in [-0.15, -0.1) is 0 Å². The van der Waals surface area contributed by atoms with Gasteiger partial charge in [-0.25, -0.2) is 4.39 Å². The molecule has 0 aromatic rings. The lowest BCUT2D eigenvalue weighted by atomic mass is 10.2. The molecule has 1 aliphatic carbocycles. The van der Waals surface area contributed by atoms with E-state index in [4.69, 9.17) is 0 Å². The first-order chi connectivity index (χ1) is 4.18. The Hall–Kier alpha value is 0.370. The van der Waals surface area contributed by atoms with Gasteiger partial charge < -0.3 is 0 Å². The zero-order valence-electron chi connectivity index (χ0n) is 4.57. The smallest absolute Gasteiger partial charge is 0.124 e. The SMILES string of the molecule is FC1C=C(Br)C=C(Br)C1. The van der Waals surface area contributed by atoms with Crippen LogP contribution in [-0.4, -0.2) is 6.17 Å². The second-order valence-corrected chi connectivity index (χ2v) is 3.80. The Morgan fingerprint density at radius 2 is 2.22 bits per heavy atom. The molecule has 0 spiro atoms. The van der Waals surface area contributed by atoms with Crippen molar-refractivity contribution in [1.29, 1.82) is 0 Å². The number of rotatable bonds is 0. The molecule has 9 heavy (non-hydrogen) atoms. The average Bonchev–Trinajstić information content (AvgIpc) is 1.59. The maximum Gasteiger partial charge on any atom is 0.124 e. The average molecular weight is 256 g/mol. The standard InChI is InChI=1S/C6H5Br2F/c7-4-1-5(8)3-6(9)2-4/h1-2,6H,3H2. The molecule has 0 N–H and O–H groups in total. The Morgan fingerprint density at radius 3 is 2.67 bits per heavy atom. The van der Waals surface area contributed by atoms with Crippen LogP contribution >= 0.6 is 31.9 Å².